The van der Waals surface area contributed by atoms with E-state index < -0.39 is 17.7 Å². The topological polar surface area (TPSA) is 101 Å². The Kier molecular flexibility index (Phi) is 4.69. The molecule has 0 aliphatic rings. The Morgan fingerprint density at radius 2 is 1.50 bits per heavy atom. The highest BCUT2D eigenvalue weighted by Crippen LogP contribution is 2.34. The average Bonchev–Trinajstić information content (AvgIpc) is 2.53. The average molecular weight is 328 g/mol. The van der Waals surface area contributed by atoms with Gasteiger partial charge < -0.3 is 14.9 Å². The first-order valence-corrected chi connectivity index (χ1v) is 7.08. The van der Waals surface area contributed by atoms with Crippen LogP contribution in [-0.2, 0) is 0 Å². The molecular formula is C18H16O6. The standard InChI is InChI=1S/C18H16O6/c1-9-14(24-3)8-7-13(15(9)17(20)21)12-6-4-5-11(10(2)19)16(12)18(22)23/h4-8H,1-3H3,(H,20,21)(H,22,23). The number of Topliss-reactive ketones (excluding diaryl/α,β-unsaturated/α-hetero) is 1. The lowest BCUT2D eigenvalue weighted by atomic mass is 9.89. The number of rotatable bonds is 5. The largest absolute Gasteiger partial charge is 0.496 e. The fourth-order valence-electron chi connectivity index (χ4n) is 2.71. The zero-order valence-electron chi connectivity index (χ0n) is 13.4. The van der Waals surface area contributed by atoms with E-state index in [2.05, 4.69) is 0 Å². The summed E-state index contributed by atoms with van der Waals surface area (Å²) < 4.78 is 5.13. The summed E-state index contributed by atoms with van der Waals surface area (Å²) in [5.74, 6) is -2.52. The maximum absolute atomic E-state index is 11.7. The minimum absolute atomic E-state index is 0.0322. The van der Waals surface area contributed by atoms with Crippen molar-refractivity contribution in [2.24, 2.45) is 0 Å². The van der Waals surface area contributed by atoms with Crippen molar-refractivity contribution in [3.8, 4) is 16.9 Å². The summed E-state index contributed by atoms with van der Waals surface area (Å²) in [6.07, 6.45) is 0. The van der Waals surface area contributed by atoms with Gasteiger partial charge in [0.25, 0.3) is 0 Å². The molecule has 0 radical (unpaired) electrons. The molecule has 6 heteroatoms. The first-order valence-electron chi connectivity index (χ1n) is 7.08. The molecular weight excluding hydrogens is 312 g/mol. The molecule has 0 fully saturated rings. The monoisotopic (exact) mass is 328 g/mol. The Labute approximate surface area is 138 Å². The Hall–Kier alpha value is -3.15. The number of carboxylic acids is 2. The molecule has 0 saturated heterocycles. The summed E-state index contributed by atoms with van der Waals surface area (Å²) in [6, 6.07) is 7.49. The number of hydrogen-bond acceptors (Lipinski definition) is 4. The fraction of sp³-hybridized carbons (Fsp3) is 0.167. The zero-order valence-corrected chi connectivity index (χ0v) is 13.4. The van der Waals surface area contributed by atoms with Crippen LogP contribution in [0.1, 0.15) is 43.6 Å². The molecule has 0 amide bonds. The third-order valence-corrected chi connectivity index (χ3v) is 3.80. The van der Waals surface area contributed by atoms with E-state index in [1.165, 1.54) is 38.3 Å². The number of benzene rings is 2. The van der Waals surface area contributed by atoms with Gasteiger partial charge in [-0.05, 0) is 37.1 Å². The third kappa shape index (κ3) is 2.86. The lowest BCUT2D eigenvalue weighted by molar-refractivity contribution is 0.0682. The maximum atomic E-state index is 11.7. The highest BCUT2D eigenvalue weighted by atomic mass is 16.5. The summed E-state index contributed by atoms with van der Waals surface area (Å²) in [7, 11) is 1.42. The molecule has 24 heavy (non-hydrogen) atoms. The van der Waals surface area contributed by atoms with Crippen LogP contribution in [-0.4, -0.2) is 35.0 Å². The van der Waals surface area contributed by atoms with Gasteiger partial charge in [0.05, 0.1) is 18.2 Å². The maximum Gasteiger partial charge on any atom is 0.337 e. The molecule has 0 atom stereocenters. The van der Waals surface area contributed by atoms with E-state index in [9.17, 15) is 24.6 Å². The summed E-state index contributed by atoms with van der Waals surface area (Å²) in [4.78, 5) is 35.1. The minimum Gasteiger partial charge on any atom is -0.496 e. The lowest BCUT2D eigenvalue weighted by Crippen LogP contribution is -2.11. The normalized spacial score (nSPS) is 10.3. The van der Waals surface area contributed by atoms with Crippen LogP contribution >= 0.6 is 0 Å². The van der Waals surface area contributed by atoms with Crippen molar-refractivity contribution in [1.82, 2.24) is 0 Å². The van der Waals surface area contributed by atoms with Gasteiger partial charge in [0.1, 0.15) is 5.75 Å². The van der Waals surface area contributed by atoms with Crippen LogP contribution in [0.3, 0.4) is 0 Å². The van der Waals surface area contributed by atoms with E-state index in [1.807, 2.05) is 0 Å². The van der Waals surface area contributed by atoms with Crippen LogP contribution in [0, 0.1) is 6.92 Å². The second-order valence-electron chi connectivity index (χ2n) is 5.21. The van der Waals surface area contributed by atoms with Gasteiger partial charge in [-0.25, -0.2) is 9.59 Å². The molecule has 0 aromatic heterocycles. The molecule has 0 spiro atoms. The predicted octanol–water partition coefficient (Wildman–Crippen LogP) is 3.27. The van der Waals surface area contributed by atoms with Crippen molar-refractivity contribution in [2.45, 2.75) is 13.8 Å². The van der Waals surface area contributed by atoms with Crippen LogP contribution in [0.5, 0.6) is 5.75 Å². The molecule has 6 nitrogen and oxygen atoms in total. The number of ketones is 1. The van der Waals surface area contributed by atoms with Gasteiger partial charge in [0.2, 0.25) is 0 Å². The Balaban J connectivity index is 2.90. The highest BCUT2D eigenvalue weighted by molar-refractivity contribution is 6.10. The predicted molar refractivity (Wildman–Crippen MR) is 87.1 cm³/mol. The molecule has 2 rings (SSSR count). The van der Waals surface area contributed by atoms with Gasteiger partial charge in [-0.3, -0.25) is 4.79 Å². The van der Waals surface area contributed by atoms with Gasteiger partial charge in [-0.1, -0.05) is 18.2 Å². The fourth-order valence-corrected chi connectivity index (χ4v) is 2.71. The molecule has 0 aliphatic heterocycles. The molecule has 0 heterocycles. The molecule has 124 valence electrons. The molecule has 0 saturated carbocycles. The van der Waals surface area contributed by atoms with Gasteiger partial charge in [-0.2, -0.15) is 0 Å². The molecule has 0 bridgehead atoms. The van der Waals surface area contributed by atoms with Crippen LogP contribution < -0.4 is 4.74 Å². The number of hydrogen-bond donors (Lipinski definition) is 2. The number of methoxy groups -OCH3 is 1. The quantitative estimate of drug-likeness (QED) is 0.817. The van der Waals surface area contributed by atoms with E-state index in [4.69, 9.17) is 4.74 Å². The first-order chi connectivity index (χ1) is 11.3. The lowest BCUT2D eigenvalue weighted by Gasteiger charge is -2.15. The number of carbonyl (C=O) groups is 3. The Morgan fingerprint density at radius 1 is 0.917 bits per heavy atom. The summed E-state index contributed by atoms with van der Waals surface area (Å²) in [5, 5.41) is 19.1. The Morgan fingerprint density at radius 3 is 2.00 bits per heavy atom. The number of carbonyl (C=O) groups excluding carboxylic acids is 1. The number of carboxylic acid groups (broad SMARTS) is 2. The van der Waals surface area contributed by atoms with Crippen molar-refractivity contribution < 1.29 is 29.3 Å². The van der Waals surface area contributed by atoms with Crippen molar-refractivity contribution in [1.29, 1.82) is 0 Å². The van der Waals surface area contributed by atoms with Crippen molar-refractivity contribution >= 4 is 17.7 Å². The molecule has 2 aromatic rings. The SMILES string of the molecule is COc1ccc(-c2cccc(C(C)=O)c2C(=O)O)c(C(=O)O)c1C. The van der Waals surface area contributed by atoms with Crippen LogP contribution in [0.25, 0.3) is 11.1 Å². The summed E-state index contributed by atoms with van der Waals surface area (Å²) in [5.41, 5.74) is 0.547. The van der Waals surface area contributed by atoms with Crippen LogP contribution in [0.4, 0.5) is 0 Å². The molecule has 2 aromatic carbocycles. The van der Waals surface area contributed by atoms with Gasteiger partial charge in [-0.15, -0.1) is 0 Å². The zero-order chi connectivity index (χ0) is 18.0. The second kappa shape index (κ2) is 6.54. The second-order valence-corrected chi connectivity index (χ2v) is 5.21. The summed E-state index contributed by atoms with van der Waals surface area (Å²) >= 11 is 0. The van der Waals surface area contributed by atoms with Crippen molar-refractivity contribution in [3.05, 3.63) is 52.6 Å². The third-order valence-electron chi connectivity index (χ3n) is 3.80. The van der Waals surface area contributed by atoms with E-state index in [-0.39, 0.29) is 27.8 Å². The Bertz CT molecular complexity index is 851. The minimum atomic E-state index is -1.29. The van der Waals surface area contributed by atoms with Gasteiger partial charge in [0.15, 0.2) is 5.78 Å². The molecule has 2 N–H and O–H groups in total. The molecule has 0 aliphatic carbocycles. The van der Waals surface area contributed by atoms with Crippen LogP contribution in [0.15, 0.2) is 30.3 Å². The highest BCUT2D eigenvalue weighted by Gasteiger charge is 2.24. The van der Waals surface area contributed by atoms with Crippen molar-refractivity contribution in [3.63, 3.8) is 0 Å². The van der Waals surface area contributed by atoms with Crippen LogP contribution in [0.2, 0.25) is 0 Å². The molecule has 0 unspecified atom stereocenters. The number of ether oxygens (including phenoxy) is 1. The van der Waals surface area contributed by atoms with Gasteiger partial charge >= 0.3 is 11.9 Å². The smallest absolute Gasteiger partial charge is 0.337 e. The van der Waals surface area contributed by atoms with Crippen molar-refractivity contribution in [2.75, 3.05) is 7.11 Å². The van der Waals surface area contributed by atoms with E-state index in [1.54, 1.807) is 13.0 Å². The van der Waals surface area contributed by atoms with E-state index in [0.717, 1.165) is 0 Å². The summed E-state index contributed by atoms with van der Waals surface area (Å²) in [6.45, 7) is 2.85. The van der Waals surface area contributed by atoms with E-state index in [0.29, 0.717) is 11.3 Å². The first kappa shape index (κ1) is 17.2. The van der Waals surface area contributed by atoms with E-state index >= 15 is 0 Å². The number of aromatic carboxylic acids is 2. The van der Waals surface area contributed by atoms with Gasteiger partial charge in [0, 0.05) is 11.1 Å².